The molecule has 1 N–H and O–H groups in total. The van der Waals surface area contributed by atoms with Crippen molar-refractivity contribution in [3.05, 3.63) is 63.6 Å². The largest absolute Gasteiger partial charge is 0.491 e. The van der Waals surface area contributed by atoms with Crippen LogP contribution in [0.15, 0.2) is 46.9 Å². The molecular formula is C24H33BrClNO3. The molecule has 1 aliphatic heterocycles. The lowest BCUT2D eigenvalue weighted by atomic mass is 9.98. The van der Waals surface area contributed by atoms with E-state index in [1.807, 2.05) is 18.2 Å². The third kappa shape index (κ3) is 6.44. The molecule has 0 aliphatic carbocycles. The lowest BCUT2D eigenvalue weighted by molar-refractivity contribution is -0.0804. The Morgan fingerprint density at radius 1 is 1.20 bits per heavy atom. The minimum atomic E-state index is -0.550. The number of benzene rings is 2. The van der Waals surface area contributed by atoms with Crippen LogP contribution in [0.3, 0.4) is 0 Å². The number of morpholine rings is 1. The van der Waals surface area contributed by atoms with Crippen LogP contribution < -0.4 is 4.74 Å². The zero-order valence-electron chi connectivity index (χ0n) is 18.2. The molecule has 2 aromatic rings. The van der Waals surface area contributed by atoms with Gasteiger partial charge in [-0.1, -0.05) is 48.0 Å². The van der Waals surface area contributed by atoms with Crippen molar-refractivity contribution in [2.75, 3.05) is 26.3 Å². The van der Waals surface area contributed by atoms with Gasteiger partial charge in [-0.2, -0.15) is 0 Å². The summed E-state index contributed by atoms with van der Waals surface area (Å²) in [5, 5.41) is 10.6. The summed E-state index contributed by atoms with van der Waals surface area (Å²) in [7, 11) is 0. The molecule has 0 amide bonds. The molecule has 1 heterocycles. The van der Waals surface area contributed by atoms with E-state index in [1.54, 1.807) is 0 Å². The molecule has 1 fully saturated rings. The zero-order valence-corrected chi connectivity index (χ0v) is 20.6. The van der Waals surface area contributed by atoms with Crippen molar-refractivity contribution in [3.63, 3.8) is 0 Å². The highest BCUT2D eigenvalue weighted by atomic mass is 79.9. The van der Waals surface area contributed by atoms with Crippen LogP contribution in [-0.2, 0) is 4.74 Å². The molecule has 0 aromatic heterocycles. The van der Waals surface area contributed by atoms with E-state index >= 15 is 0 Å². The van der Waals surface area contributed by atoms with Crippen LogP contribution in [-0.4, -0.2) is 48.5 Å². The molecule has 3 rings (SSSR count). The average Bonchev–Trinajstić information content (AvgIpc) is 2.68. The van der Waals surface area contributed by atoms with E-state index in [4.69, 9.17) is 9.47 Å². The van der Waals surface area contributed by atoms with Gasteiger partial charge in [-0.25, -0.2) is 0 Å². The normalized spacial score (nSPS) is 20.6. The molecule has 4 nitrogen and oxygen atoms in total. The third-order valence-electron chi connectivity index (χ3n) is 5.64. The number of hydrogen-bond donors (Lipinski definition) is 1. The molecule has 1 aliphatic rings. The van der Waals surface area contributed by atoms with Gasteiger partial charge in [-0.15, -0.1) is 12.4 Å². The Balaban J connectivity index is 0.00000320. The van der Waals surface area contributed by atoms with Crippen LogP contribution >= 0.6 is 28.3 Å². The van der Waals surface area contributed by atoms with E-state index < -0.39 is 6.10 Å². The number of aliphatic hydroxyl groups is 1. The van der Waals surface area contributed by atoms with Gasteiger partial charge in [-0.3, -0.25) is 4.90 Å². The number of aryl methyl sites for hydroxylation is 1. The Morgan fingerprint density at radius 2 is 1.90 bits per heavy atom. The number of β-amino-alcohol motifs (C(OH)–C–C–N with tert-alkyl or cyclic N) is 1. The maximum absolute atomic E-state index is 10.6. The number of rotatable bonds is 7. The van der Waals surface area contributed by atoms with Crippen molar-refractivity contribution in [1.29, 1.82) is 0 Å². The number of aliphatic hydroxyl groups excluding tert-OH is 1. The van der Waals surface area contributed by atoms with E-state index in [0.29, 0.717) is 19.1 Å². The summed E-state index contributed by atoms with van der Waals surface area (Å²) in [5.41, 5.74) is 3.72. The molecule has 1 saturated heterocycles. The summed E-state index contributed by atoms with van der Waals surface area (Å²) in [4.78, 5) is 2.29. The van der Waals surface area contributed by atoms with Crippen molar-refractivity contribution in [3.8, 4) is 5.75 Å². The second-order valence-corrected chi connectivity index (χ2v) is 9.13. The first kappa shape index (κ1) is 25.2. The molecule has 6 heteroatoms. The van der Waals surface area contributed by atoms with Crippen molar-refractivity contribution in [2.24, 2.45) is 0 Å². The lowest BCUT2D eigenvalue weighted by Crippen LogP contribution is -2.49. The van der Waals surface area contributed by atoms with Gasteiger partial charge in [0.15, 0.2) is 0 Å². The Labute approximate surface area is 195 Å². The SMILES string of the molecule is Cc1cc(OCC(O)CN2CCOC(c3ccc(Br)cc3)C2C)ccc1C(C)C.Cl. The summed E-state index contributed by atoms with van der Waals surface area (Å²) >= 11 is 3.48. The molecule has 30 heavy (non-hydrogen) atoms. The Bertz CT molecular complexity index is 800. The van der Waals surface area contributed by atoms with Crippen LogP contribution in [0.2, 0.25) is 0 Å². The van der Waals surface area contributed by atoms with E-state index in [1.165, 1.54) is 11.1 Å². The third-order valence-corrected chi connectivity index (χ3v) is 6.17. The minimum absolute atomic E-state index is 0. The number of ether oxygens (including phenoxy) is 2. The lowest BCUT2D eigenvalue weighted by Gasteiger charge is -2.40. The predicted molar refractivity (Wildman–Crippen MR) is 128 cm³/mol. The fourth-order valence-corrected chi connectivity index (χ4v) is 4.28. The predicted octanol–water partition coefficient (Wildman–Crippen LogP) is 5.50. The molecule has 0 radical (unpaired) electrons. The zero-order chi connectivity index (χ0) is 21.0. The molecule has 3 atom stereocenters. The average molecular weight is 499 g/mol. The van der Waals surface area contributed by atoms with Gasteiger partial charge in [0, 0.05) is 23.6 Å². The second-order valence-electron chi connectivity index (χ2n) is 8.22. The van der Waals surface area contributed by atoms with Gasteiger partial charge in [0.25, 0.3) is 0 Å². The highest BCUT2D eigenvalue weighted by Crippen LogP contribution is 2.29. The molecule has 0 spiro atoms. The molecule has 0 saturated carbocycles. The van der Waals surface area contributed by atoms with Crippen LogP contribution in [0.5, 0.6) is 5.75 Å². The fourth-order valence-electron chi connectivity index (χ4n) is 4.02. The summed E-state index contributed by atoms with van der Waals surface area (Å²) in [6.45, 7) is 11.0. The van der Waals surface area contributed by atoms with E-state index in [2.05, 4.69) is 72.8 Å². The van der Waals surface area contributed by atoms with Crippen molar-refractivity contribution >= 4 is 28.3 Å². The maximum Gasteiger partial charge on any atom is 0.119 e. The van der Waals surface area contributed by atoms with Crippen molar-refractivity contribution < 1.29 is 14.6 Å². The van der Waals surface area contributed by atoms with Gasteiger partial charge < -0.3 is 14.6 Å². The fraction of sp³-hybridized carbons (Fsp3) is 0.500. The van der Waals surface area contributed by atoms with E-state index in [0.717, 1.165) is 22.3 Å². The summed E-state index contributed by atoms with van der Waals surface area (Å²) in [5.74, 6) is 1.31. The van der Waals surface area contributed by atoms with Crippen LogP contribution in [0.4, 0.5) is 0 Å². The van der Waals surface area contributed by atoms with Gasteiger partial charge in [0.2, 0.25) is 0 Å². The topological polar surface area (TPSA) is 41.9 Å². The molecular weight excluding hydrogens is 466 g/mol. The molecule has 2 aromatic carbocycles. The second kappa shape index (κ2) is 11.5. The van der Waals surface area contributed by atoms with Crippen LogP contribution in [0, 0.1) is 6.92 Å². The Morgan fingerprint density at radius 3 is 2.53 bits per heavy atom. The van der Waals surface area contributed by atoms with E-state index in [9.17, 15) is 5.11 Å². The first-order valence-corrected chi connectivity index (χ1v) is 11.2. The summed E-state index contributed by atoms with van der Waals surface area (Å²) in [6, 6.07) is 14.6. The van der Waals surface area contributed by atoms with Gasteiger partial charge in [-0.05, 0) is 60.7 Å². The standard InChI is InChI=1S/C24H32BrNO3.ClH/c1-16(2)23-10-9-22(13-17(23)3)29-15-21(27)14-26-11-12-28-24(18(26)4)19-5-7-20(25)8-6-19;/h5-10,13,16,18,21,24,27H,11-12,14-15H2,1-4H3;1H. The van der Waals surface area contributed by atoms with Gasteiger partial charge in [0.1, 0.15) is 18.5 Å². The van der Waals surface area contributed by atoms with Crippen molar-refractivity contribution in [2.45, 2.75) is 51.9 Å². The number of halogens is 2. The summed E-state index contributed by atoms with van der Waals surface area (Å²) in [6.07, 6.45) is -0.539. The quantitative estimate of drug-likeness (QED) is 0.547. The van der Waals surface area contributed by atoms with Crippen LogP contribution in [0.25, 0.3) is 0 Å². The highest BCUT2D eigenvalue weighted by molar-refractivity contribution is 9.10. The number of nitrogens with zero attached hydrogens (tertiary/aromatic N) is 1. The minimum Gasteiger partial charge on any atom is -0.491 e. The maximum atomic E-state index is 10.6. The Kier molecular flexibility index (Phi) is 9.64. The summed E-state index contributed by atoms with van der Waals surface area (Å²) < 4.78 is 13.0. The smallest absolute Gasteiger partial charge is 0.119 e. The van der Waals surface area contributed by atoms with E-state index in [-0.39, 0.29) is 31.2 Å². The molecule has 3 unspecified atom stereocenters. The first-order valence-electron chi connectivity index (χ1n) is 10.4. The monoisotopic (exact) mass is 497 g/mol. The Hall–Kier alpha value is -1.11. The first-order chi connectivity index (χ1) is 13.8. The highest BCUT2D eigenvalue weighted by Gasteiger charge is 2.31. The molecule has 0 bridgehead atoms. The van der Waals surface area contributed by atoms with Gasteiger partial charge in [0.05, 0.1) is 12.7 Å². The van der Waals surface area contributed by atoms with Gasteiger partial charge >= 0.3 is 0 Å². The molecule has 166 valence electrons. The number of hydrogen-bond acceptors (Lipinski definition) is 4. The van der Waals surface area contributed by atoms with Crippen LogP contribution in [0.1, 0.15) is 49.5 Å². The van der Waals surface area contributed by atoms with Crippen molar-refractivity contribution in [1.82, 2.24) is 4.90 Å².